The molecule has 1 heterocycles. The van der Waals surface area contributed by atoms with E-state index in [-0.39, 0.29) is 30.7 Å². The Hall–Kier alpha value is -2.25. The smallest absolute Gasteiger partial charge is 0.416 e. The molecule has 1 aliphatic heterocycles. The van der Waals surface area contributed by atoms with E-state index in [1.165, 1.54) is 17.0 Å². The molecule has 1 aliphatic rings. The fraction of sp³-hybridized carbons (Fsp3) is 0.500. The van der Waals surface area contributed by atoms with Crippen LogP contribution in [0.4, 0.5) is 23.7 Å². The van der Waals surface area contributed by atoms with Crippen LogP contribution >= 0.6 is 0 Å². The highest BCUT2D eigenvalue weighted by molar-refractivity contribution is 5.89. The summed E-state index contributed by atoms with van der Waals surface area (Å²) in [5, 5.41) is 2.55. The number of halogens is 3. The van der Waals surface area contributed by atoms with Gasteiger partial charge in [0.2, 0.25) is 0 Å². The van der Waals surface area contributed by atoms with Crippen LogP contribution < -0.4 is 5.32 Å². The van der Waals surface area contributed by atoms with Crippen molar-refractivity contribution in [2.45, 2.75) is 25.9 Å². The van der Waals surface area contributed by atoms with Crippen LogP contribution in [0, 0.1) is 5.92 Å². The summed E-state index contributed by atoms with van der Waals surface area (Å²) >= 11 is 0. The van der Waals surface area contributed by atoms with E-state index in [9.17, 15) is 22.8 Å². The van der Waals surface area contributed by atoms with Gasteiger partial charge in [-0.2, -0.15) is 13.2 Å². The van der Waals surface area contributed by atoms with E-state index < -0.39 is 17.8 Å². The number of hydrogen-bond acceptors (Lipinski definition) is 3. The van der Waals surface area contributed by atoms with Gasteiger partial charge in [-0.15, -0.1) is 0 Å². The third kappa shape index (κ3) is 4.62. The second-order valence-electron chi connectivity index (χ2n) is 5.54. The van der Waals surface area contributed by atoms with Crippen molar-refractivity contribution < 1.29 is 27.5 Å². The molecule has 0 spiro atoms. The Morgan fingerprint density at radius 1 is 1.29 bits per heavy atom. The van der Waals surface area contributed by atoms with Crippen molar-refractivity contribution >= 4 is 17.7 Å². The first kappa shape index (κ1) is 18.1. The topological polar surface area (TPSA) is 58.6 Å². The Morgan fingerprint density at radius 3 is 2.54 bits per heavy atom. The molecule has 5 nitrogen and oxygen atoms in total. The maximum Gasteiger partial charge on any atom is 0.416 e. The normalized spacial score (nSPS) is 18.2. The molecule has 0 saturated carbocycles. The molecular weight excluding hydrogens is 325 g/mol. The predicted octanol–water partition coefficient (Wildman–Crippen LogP) is 3.51. The van der Waals surface area contributed by atoms with Crippen LogP contribution in [0.1, 0.15) is 25.3 Å². The zero-order chi connectivity index (χ0) is 17.7. The van der Waals surface area contributed by atoms with Crippen LogP contribution in [-0.4, -0.2) is 36.6 Å². The Bertz CT molecular complexity index is 587. The third-order valence-corrected chi connectivity index (χ3v) is 3.79. The Kier molecular flexibility index (Phi) is 5.69. The van der Waals surface area contributed by atoms with Crippen molar-refractivity contribution in [2.24, 2.45) is 5.92 Å². The minimum atomic E-state index is -4.41. The number of carbonyl (C=O) groups excluding carboxylic acids is 2. The highest BCUT2D eigenvalue weighted by Gasteiger charge is 2.31. The van der Waals surface area contributed by atoms with Gasteiger partial charge in [0.1, 0.15) is 0 Å². The number of ether oxygens (including phenoxy) is 1. The lowest BCUT2D eigenvalue weighted by atomic mass is 9.98. The van der Waals surface area contributed by atoms with Crippen molar-refractivity contribution in [1.82, 2.24) is 4.90 Å². The fourth-order valence-corrected chi connectivity index (χ4v) is 2.56. The van der Waals surface area contributed by atoms with Crippen LogP contribution in [0.25, 0.3) is 0 Å². The quantitative estimate of drug-likeness (QED) is 0.854. The molecule has 0 aliphatic carbocycles. The predicted molar refractivity (Wildman–Crippen MR) is 81.4 cm³/mol. The third-order valence-electron chi connectivity index (χ3n) is 3.79. The van der Waals surface area contributed by atoms with Gasteiger partial charge in [0.05, 0.1) is 18.1 Å². The molecule has 1 aromatic rings. The van der Waals surface area contributed by atoms with E-state index in [2.05, 4.69) is 5.32 Å². The van der Waals surface area contributed by atoms with E-state index >= 15 is 0 Å². The molecule has 24 heavy (non-hydrogen) atoms. The van der Waals surface area contributed by atoms with Gasteiger partial charge < -0.3 is 15.0 Å². The molecule has 1 N–H and O–H groups in total. The molecule has 0 radical (unpaired) electrons. The van der Waals surface area contributed by atoms with Crippen LogP contribution in [0.3, 0.4) is 0 Å². The summed E-state index contributed by atoms with van der Waals surface area (Å²) < 4.78 is 42.5. The number of esters is 1. The van der Waals surface area contributed by atoms with Crippen molar-refractivity contribution in [2.75, 3.05) is 25.0 Å². The van der Waals surface area contributed by atoms with Gasteiger partial charge in [0.15, 0.2) is 0 Å². The van der Waals surface area contributed by atoms with E-state index in [4.69, 9.17) is 4.74 Å². The summed E-state index contributed by atoms with van der Waals surface area (Å²) in [6.45, 7) is 2.73. The first-order valence-corrected chi connectivity index (χ1v) is 7.71. The van der Waals surface area contributed by atoms with Gasteiger partial charge in [-0.25, -0.2) is 4.79 Å². The van der Waals surface area contributed by atoms with E-state index in [0.717, 1.165) is 12.1 Å². The minimum absolute atomic E-state index is 0.241. The second-order valence-corrected chi connectivity index (χ2v) is 5.54. The molecule has 1 fully saturated rings. The Morgan fingerprint density at radius 2 is 1.96 bits per heavy atom. The van der Waals surface area contributed by atoms with Crippen molar-refractivity contribution in [3.8, 4) is 0 Å². The van der Waals surface area contributed by atoms with E-state index in [0.29, 0.717) is 19.4 Å². The van der Waals surface area contributed by atoms with Crippen LogP contribution in [0.15, 0.2) is 24.3 Å². The largest absolute Gasteiger partial charge is 0.466 e. The van der Waals surface area contributed by atoms with Crippen LogP contribution in [0.2, 0.25) is 0 Å². The second kappa shape index (κ2) is 7.55. The summed E-state index contributed by atoms with van der Waals surface area (Å²) in [7, 11) is 0. The molecular formula is C16H19F3N2O3. The van der Waals surface area contributed by atoms with Gasteiger partial charge in [0.25, 0.3) is 0 Å². The molecule has 1 aromatic carbocycles. The number of carbonyl (C=O) groups is 2. The first-order chi connectivity index (χ1) is 11.3. The summed E-state index contributed by atoms with van der Waals surface area (Å²) in [4.78, 5) is 25.5. The number of rotatable bonds is 3. The maximum atomic E-state index is 12.5. The minimum Gasteiger partial charge on any atom is -0.466 e. The Labute approximate surface area is 137 Å². The number of anilines is 1. The van der Waals surface area contributed by atoms with Gasteiger partial charge in [-0.1, -0.05) is 0 Å². The highest BCUT2D eigenvalue weighted by atomic mass is 19.4. The zero-order valence-electron chi connectivity index (χ0n) is 13.2. The number of urea groups is 1. The number of likely N-dealkylation sites (tertiary alicyclic amines) is 1. The summed E-state index contributed by atoms with van der Waals surface area (Å²) in [5.74, 6) is -0.693. The average Bonchev–Trinajstić information content (AvgIpc) is 2.55. The number of benzene rings is 1. The lowest BCUT2D eigenvalue weighted by molar-refractivity contribution is -0.149. The number of nitrogens with one attached hydrogen (secondary N) is 1. The average molecular weight is 344 g/mol. The fourth-order valence-electron chi connectivity index (χ4n) is 2.56. The Balaban J connectivity index is 1.95. The molecule has 2 rings (SSSR count). The maximum absolute atomic E-state index is 12.5. The number of amides is 2. The number of hydrogen-bond donors (Lipinski definition) is 1. The lowest BCUT2D eigenvalue weighted by Crippen LogP contribution is -2.44. The zero-order valence-corrected chi connectivity index (χ0v) is 13.2. The van der Waals surface area contributed by atoms with Crippen molar-refractivity contribution in [1.29, 1.82) is 0 Å². The van der Waals surface area contributed by atoms with Gasteiger partial charge >= 0.3 is 18.2 Å². The lowest BCUT2D eigenvalue weighted by Gasteiger charge is -2.31. The molecule has 8 heteroatoms. The van der Waals surface area contributed by atoms with Gasteiger partial charge in [-0.3, -0.25) is 4.79 Å². The molecule has 1 atom stereocenters. The first-order valence-electron chi connectivity index (χ1n) is 7.71. The molecule has 0 bridgehead atoms. The van der Waals surface area contributed by atoms with Crippen molar-refractivity contribution in [3.05, 3.63) is 29.8 Å². The molecule has 0 aromatic heterocycles. The van der Waals surface area contributed by atoms with E-state index in [1.54, 1.807) is 6.92 Å². The SMILES string of the molecule is CCOC(=O)[C@H]1CCCN(C(=O)Nc2ccc(C(F)(F)F)cc2)C1. The molecule has 1 saturated heterocycles. The molecule has 2 amide bonds. The van der Waals surface area contributed by atoms with Gasteiger partial charge in [-0.05, 0) is 44.0 Å². The highest BCUT2D eigenvalue weighted by Crippen LogP contribution is 2.30. The molecule has 132 valence electrons. The summed E-state index contributed by atoms with van der Waals surface area (Å²) in [6, 6.07) is 3.78. The standard InChI is InChI=1S/C16H19F3N2O3/c1-2-24-14(22)11-4-3-9-21(10-11)15(23)20-13-7-5-12(6-8-13)16(17,18)19/h5-8,11H,2-4,9-10H2,1H3,(H,20,23)/t11-/m0/s1. The van der Waals surface area contributed by atoms with Gasteiger partial charge in [0, 0.05) is 18.8 Å². The summed E-state index contributed by atoms with van der Waals surface area (Å²) in [5.41, 5.74) is -0.507. The number of piperidine rings is 1. The number of alkyl halides is 3. The monoisotopic (exact) mass is 344 g/mol. The van der Waals surface area contributed by atoms with E-state index in [1.807, 2.05) is 0 Å². The van der Waals surface area contributed by atoms with Crippen molar-refractivity contribution in [3.63, 3.8) is 0 Å². The summed E-state index contributed by atoms with van der Waals surface area (Å²) in [6.07, 6.45) is -3.09. The molecule has 0 unspecified atom stereocenters. The van der Waals surface area contributed by atoms with Crippen LogP contribution in [-0.2, 0) is 15.7 Å². The number of nitrogens with zero attached hydrogens (tertiary/aromatic N) is 1. The van der Waals surface area contributed by atoms with Crippen LogP contribution in [0.5, 0.6) is 0 Å².